The van der Waals surface area contributed by atoms with Crippen LogP contribution < -0.4 is 5.43 Å². The normalized spacial score (nSPS) is 11.5. The molecule has 1 amide bonds. The van der Waals surface area contributed by atoms with Gasteiger partial charge in [-0.15, -0.1) is 0 Å². The van der Waals surface area contributed by atoms with Crippen molar-refractivity contribution in [1.29, 1.82) is 0 Å². The highest BCUT2D eigenvalue weighted by atomic mass is 35.5. The van der Waals surface area contributed by atoms with Gasteiger partial charge in [-0.2, -0.15) is 5.10 Å². The number of aliphatic hydroxyl groups is 1. The fourth-order valence-corrected chi connectivity index (χ4v) is 3.68. The van der Waals surface area contributed by atoms with Gasteiger partial charge in [0.15, 0.2) is 5.60 Å². The highest BCUT2D eigenvalue weighted by Gasteiger charge is 2.39. The zero-order valence-corrected chi connectivity index (χ0v) is 18.3. The number of rotatable bonds is 7. The first-order valence-corrected chi connectivity index (χ1v) is 10.5. The van der Waals surface area contributed by atoms with Crippen molar-refractivity contribution in [2.75, 3.05) is 0 Å². The number of furan rings is 1. The van der Waals surface area contributed by atoms with Gasteiger partial charge in [-0.1, -0.05) is 72.3 Å². The number of carbonyl (C=O) groups is 1. The third-order valence-electron chi connectivity index (χ3n) is 5.13. The van der Waals surface area contributed by atoms with Gasteiger partial charge in [-0.05, 0) is 29.3 Å². The molecule has 1 heterocycles. The molecule has 0 aliphatic rings. The van der Waals surface area contributed by atoms with Crippen LogP contribution in [0.1, 0.15) is 16.9 Å². The van der Waals surface area contributed by atoms with E-state index in [-0.39, 0.29) is 10.7 Å². The van der Waals surface area contributed by atoms with Crippen molar-refractivity contribution in [3.8, 4) is 11.3 Å². The molecule has 3 aromatic carbocycles. The summed E-state index contributed by atoms with van der Waals surface area (Å²) in [6.07, 6.45) is 1.27. The minimum absolute atomic E-state index is 0.130. The number of nitrogens with one attached hydrogen (secondary N) is 1. The number of non-ortho nitro benzene ring substituents is 1. The third-order valence-corrected chi connectivity index (χ3v) is 5.44. The quantitative estimate of drug-likeness (QED) is 0.224. The second kappa shape index (κ2) is 9.70. The van der Waals surface area contributed by atoms with E-state index < -0.39 is 16.4 Å². The van der Waals surface area contributed by atoms with Crippen LogP contribution in [0.3, 0.4) is 0 Å². The van der Waals surface area contributed by atoms with Crippen LogP contribution in [0.15, 0.2) is 101 Å². The van der Waals surface area contributed by atoms with Crippen LogP contribution in [0.2, 0.25) is 5.02 Å². The van der Waals surface area contributed by atoms with Crippen molar-refractivity contribution in [2.45, 2.75) is 5.60 Å². The molecule has 0 atom stereocenters. The number of hydrogen-bond acceptors (Lipinski definition) is 6. The Morgan fingerprint density at radius 1 is 1.00 bits per heavy atom. The lowest BCUT2D eigenvalue weighted by Crippen LogP contribution is -2.43. The predicted molar refractivity (Wildman–Crippen MR) is 127 cm³/mol. The standard InChI is InChI=1S/C25H18ClN3O5/c26-22-15-19(29(32)33)11-13-21(22)23-14-12-20(34-23)16-27-28-24(30)25(31,17-7-3-1-4-8-17)18-9-5-2-6-10-18/h1-16,31H,(H,28,30)/b27-16+. The molecule has 0 aliphatic heterocycles. The molecular formula is C25H18ClN3O5. The molecule has 0 saturated heterocycles. The maximum absolute atomic E-state index is 13.0. The molecule has 1 aromatic heterocycles. The number of hydrogen-bond donors (Lipinski definition) is 2. The molecule has 0 spiro atoms. The Labute approximate surface area is 199 Å². The van der Waals surface area contributed by atoms with E-state index in [9.17, 15) is 20.0 Å². The summed E-state index contributed by atoms with van der Waals surface area (Å²) in [6.45, 7) is 0. The van der Waals surface area contributed by atoms with Gasteiger partial charge in [0.2, 0.25) is 0 Å². The van der Waals surface area contributed by atoms with Gasteiger partial charge in [0, 0.05) is 17.7 Å². The Hall–Kier alpha value is -4.27. The minimum atomic E-state index is -1.96. The van der Waals surface area contributed by atoms with Crippen molar-refractivity contribution in [3.63, 3.8) is 0 Å². The van der Waals surface area contributed by atoms with Crippen LogP contribution in [0.5, 0.6) is 0 Å². The fraction of sp³-hybridized carbons (Fsp3) is 0.0400. The monoisotopic (exact) mass is 475 g/mol. The molecule has 0 fully saturated rings. The lowest BCUT2D eigenvalue weighted by molar-refractivity contribution is -0.384. The molecule has 0 unspecified atom stereocenters. The molecule has 170 valence electrons. The van der Waals surface area contributed by atoms with E-state index >= 15 is 0 Å². The topological polar surface area (TPSA) is 118 Å². The summed E-state index contributed by atoms with van der Waals surface area (Å²) in [7, 11) is 0. The summed E-state index contributed by atoms with van der Waals surface area (Å²) in [5.41, 5.74) is 1.53. The lowest BCUT2D eigenvalue weighted by Gasteiger charge is -2.26. The first kappa shape index (κ1) is 22.9. The molecular weight excluding hydrogens is 458 g/mol. The molecule has 4 aromatic rings. The van der Waals surface area contributed by atoms with Crippen LogP contribution >= 0.6 is 11.6 Å². The Bertz CT molecular complexity index is 1310. The number of carbonyl (C=O) groups excluding carboxylic acids is 1. The zero-order chi connectivity index (χ0) is 24.1. The Balaban J connectivity index is 1.54. The maximum atomic E-state index is 13.0. The summed E-state index contributed by atoms with van der Waals surface area (Å²) in [5.74, 6) is -0.0724. The van der Waals surface area contributed by atoms with Crippen molar-refractivity contribution < 1.29 is 19.2 Å². The van der Waals surface area contributed by atoms with E-state index in [2.05, 4.69) is 10.5 Å². The third kappa shape index (κ3) is 4.59. The average molecular weight is 476 g/mol. The smallest absolute Gasteiger partial charge is 0.281 e. The van der Waals surface area contributed by atoms with E-state index in [4.69, 9.17) is 16.0 Å². The van der Waals surface area contributed by atoms with Gasteiger partial charge in [0.1, 0.15) is 11.5 Å². The van der Waals surface area contributed by atoms with E-state index in [1.54, 1.807) is 72.8 Å². The molecule has 34 heavy (non-hydrogen) atoms. The van der Waals surface area contributed by atoms with Crippen LogP contribution in [-0.2, 0) is 10.4 Å². The van der Waals surface area contributed by atoms with E-state index in [0.29, 0.717) is 28.2 Å². The molecule has 0 aliphatic carbocycles. The zero-order valence-electron chi connectivity index (χ0n) is 17.6. The second-order valence-electron chi connectivity index (χ2n) is 7.26. The summed E-state index contributed by atoms with van der Waals surface area (Å²) in [4.78, 5) is 23.4. The predicted octanol–water partition coefficient (Wildman–Crippen LogP) is 4.89. The second-order valence-corrected chi connectivity index (χ2v) is 7.67. The highest BCUT2D eigenvalue weighted by molar-refractivity contribution is 6.33. The van der Waals surface area contributed by atoms with Crippen molar-refractivity contribution in [1.82, 2.24) is 5.43 Å². The molecule has 2 N–H and O–H groups in total. The van der Waals surface area contributed by atoms with Gasteiger partial charge in [0.05, 0.1) is 16.2 Å². The molecule has 0 bridgehead atoms. The van der Waals surface area contributed by atoms with Gasteiger partial charge >= 0.3 is 0 Å². The number of hydrazone groups is 1. The summed E-state index contributed by atoms with van der Waals surface area (Å²) < 4.78 is 5.67. The molecule has 4 rings (SSSR count). The van der Waals surface area contributed by atoms with Gasteiger partial charge in [-0.25, -0.2) is 5.43 Å². The van der Waals surface area contributed by atoms with Crippen molar-refractivity contribution >= 4 is 29.4 Å². The van der Waals surface area contributed by atoms with Gasteiger partial charge in [0.25, 0.3) is 11.6 Å². The molecule has 9 heteroatoms. The van der Waals surface area contributed by atoms with Gasteiger partial charge < -0.3 is 9.52 Å². The van der Waals surface area contributed by atoms with Crippen LogP contribution in [0, 0.1) is 10.1 Å². The Morgan fingerprint density at radius 3 is 2.18 bits per heavy atom. The maximum Gasteiger partial charge on any atom is 0.281 e. The SMILES string of the molecule is O=C(N/N=C/c1ccc(-c2ccc([N+](=O)[O-])cc2Cl)o1)C(O)(c1ccccc1)c1ccccc1. The molecule has 0 radical (unpaired) electrons. The number of benzene rings is 3. The first-order valence-electron chi connectivity index (χ1n) is 10.1. The van der Waals surface area contributed by atoms with E-state index in [1.165, 1.54) is 24.4 Å². The summed E-state index contributed by atoms with van der Waals surface area (Å²) >= 11 is 6.15. The highest BCUT2D eigenvalue weighted by Crippen LogP contribution is 2.32. The number of nitrogens with zero attached hydrogens (tertiary/aromatic N) is 2. The molecule has 0 saturated carbocycles. The van der Waals surface area contributed by atoms with Crippen molar-refractivity contribution in [2.24, 2.45) is 5.10 Å². The summed E-state index contributed by atoms with van der Waals surface area (Å²) in [5, 5.41) is 26.4. The van der Waals surface area contributed by atoms with Crippen LogP contribution in [-0.4, -0.2) is 22.2 Å². The number of amides is 1. The minimum Gasteiger partial charge on any atom is -0.455 e. The average Bonchev–Trinajstić information content (AvgIpc) is 3.33. The largest absolute Gasteiger partial charge is 0.455 e. The number of halogens is 1. The molecule has 8 nitrogen and oxygen atoms in total. The van der Waals surface area contributed by atoms with Crippen LogP contribution in [0.25, 0.3) is 11.3 Å². The fourth-order valence-electron chi connectivity index (χ4n) is 3.41. The van der Waals surface area contributed by atoms with Gasteiger partial charge in [-0.3, -0.25) is 14.9 Å². The van der Waals surface area contributed by atoms with Crippen LogP contribution in [0.4, 0.5) is 5.69 Å². The lowest BCUT2D eigenvalue weighted by atomic mass is 9.85. The first-order chi connectivity index (χ1) is 16.4. The van der Waals surface area contributed by atoms with E-state index in [0.717, 1.165) is 0 Å². The number of nitro benzene ring substituents is 1. The number of nitro groups is 1. The summed E-state index contributed by atoms with van der Waals surface area (Å²) in [6, 6.07) is 24.4. The Kier molecular flexibility index (Phi) is 6.53. The Morgan fingerprint density at radius 2 is 1.62 bits per heavy atom. The van der Waals surface area contributed by atoms with E-state index in [1.807, 2.05) is 0 Å². The van der Waals surface area contributed by atoms with Crippen molar-refractivity contribution in [3.05, 3.63) is 123 Å².